The first-order valence-electron chi connectivity index (χ1n) is 5.41. The number of amides is 2. The molecule has 0 aromatic rings. The Morgan fingerprint density at radius 2 is 2.13 bits per heavy atom. The van der Waals surface area contributed by atoms with Gasteiger partial charge in [0.25, 0.3) is 0 Å². The van der Waals surface area contributed by atoms with E-state index in [9.17, 15) is 9.59 Å². The standard InChI is InChI=1S/C10H19N3O2/c1-7(10(11)15)12-6-2-3-9(14)13-8-4-5-8/h7-8,12H,2-6H2,1H3,(H2,11,15)(H,13,14). The lowest BCUT2D eigenvalue weighted by atomic mass is 10.2. The van der Waals surface area contributed by atoms with Gasteiger partial charge in [-0.2, -0.15) is 0 Å². The van der Waals surface area contributed by atoms with E-state index in [0.717, 1.165) is 19.3 Å². The number of rotatable bonds is 7. The molecule has 5 nitrogen and oxygen atoms in total. The van der Waals surface area contributed by atoms with Crippen molar-refractivity contribution in [1.82, 2.24) is 10.6 Å². The molecule has 0 aromatic heterocycles. The summed E-state index contributed by atoms with van der Waals surface area (Å²) in [6.45, 7) is 2.36. The molecule has 0 saturated heterocycles. The maximum Gasteiger partial charge on any atom is 0.234 e. The summed E-state index contributed by atoms with van der Waals surface area (Å²) in [7, 11) is 0. The van der Waals surface area contributed by atoms with Crippen LogP contribution in [0.1, 0.15) is 32.6 Å². The Morgan fingerprint density at radius 3 is 2.67 bits per heavy atom. The van der Waals surface area contributed by atoms with Gasteiger partial charge in [0.2, 0.25) is 11.8 Å². The molecule has 2 amide bonds. The molecule has 4 N–H and O–H groups in total. The minimum atomic E-state index is -0.363. The van der Waals surface area contributed by atoms with Gasteiger partial charge in [0, 0.05) is 12.5 Å². The molecule has 0 heterocycles. The summed E-state index contributed by atoms with van der Waals surface area (Å²) in [5, 5.41) is 5.86. The Kier molecular flexibility index (Phi) is 4.55. The van der Waals surface area contributed by atoms with Crippen molar-refractivity contribution in [2.75, 3.05) is 6.54 Å². The van der Waals surface area contributed by atoms with Crippen molar-refractivity contribution in [2.45, 2.75) is 44.7 Å². The molecular weight excluding hydrogens is 194 g/mol. The Balaban J connectivity index is 1.95. The fraction of sp³-hybridized carbons (Fsp3) is 0.800. The maximum atomic E-state index is 11.2. The minimum Gasteiger partial charge on any atom is -0.368 e. The smallest absolute Gasteiger partial charge is 0.234 e. The quantitative estimate of drug-likeness (QED) is 0.499. The average molecular weight is 213 g/mol. The van der Waals surface area contributed by atoms with Crippen LogP contribution in [0.15, 0.2) is 0 Å². The van der Waals surface area contributed by atoms with Crippen molar-refractivity contribution >= 4 is 11.8 Å². The second-order valence-electron chi connectivity index (χ2n) is 4.02. The Bertz CT molecular complexity index is 239. The van der Waals surface area contributed by atoms with E-state index in [1.54, 1.807) is 6.92 Å². The summed E-state index contributed by atoms with van der Waals surface area (Å²) in [6.07, 6.45) is 3.47. The van der Waals surface area contributed by atoms with E-state index in [2.05, 4.69) is 10.6 Å². The molecule has 15 heavy (non-hydrogen) atoms. The second kappa shape index (κ2) is 5.70. The number of hydrogen-bond donors (Lipinski definition) is 3. The van der Waals surface area contributed by atoms with Gasteiger partial charge in [-0.15, -0.1) is 0 Å². The second-order valence-corrected chi connectivity index (χ2v) is 4.02. The van der Waals surface area contributed by atoms with E-state index in [-0.39, 0.29) is 17.9 Å². The summed E-state index contributed by atoms with van der Waals surface area (Å²) in [5.41, 5.74) is 5.07. The van der Waals surface area contributed by atoms with Crippen molar-refractivity contribution in [3.8, 4) is 0 Å². The fourth-order valence-electron chi connectivity index (χ4n) is 1.20. The lowest BCUT2D eigenvalue weighted by molar-refractivity contribution is -0.121. The third kappa shape index (κ3) is 5.37. The molecule has 1 aliphatic rings. The van der Waals surface area contributed by atoms with Crippen LogP contribution >= 0.6 is 0 Å². The SMILES string of the molecule is CC(NCCCC(=O)NC1CC1)C(N)=O. The van der Waals surface area contributed by atoms with Crippen molar-refractivity contribution < 1.29 is 9.59 Å². The van der Waals surface area contributed by atoms with Gasteiger partial charge < -0.3 is 16.4 Å². The highest BCUT2D eigenvalue weighted by molar-refractivity contribution is 5.79. The Hall–Kier alpha value is -1.10. The van der Waals surface area contributed by atoms with Crippen LogP contribution in [0.5, 0.6) is 0 Å². The van der Waals surface area contributed by atoms with Crippen LogP contribution in [-0.2, 0) is 9.59 Å². The zero-order valence-corrected chi connectivity index (χ0v) is 9.08. The first-order valence-corrected chi connectivity index (χ1v) is 5.41. The molecular formula is C10H19N3O2. The zero-order valence-electron chi connectivity index (χ0n) is 9.08. The summed E-state index contributed by atoms with van der Waals surface area (Å²) in [6, 6.07) is 0.103. The predicted molar refractivity (Wildman–Crippen MR) is 57.1 cm³/mol. The molecule has 0 aliphatic heterocycles. The molecule has 1 fully saturated rings. The molecule has 0 spiro atoms. The Labute approximate surface area is 89.8 Å². The van der Waals surface area contributed by atoms with Gasteiger partial charge in [-0.1, -0.05) is 0 Å². The molecule has 0 aromatic carbocycles. The number of carbonyl (C=O) groups excluding carboxylic acids is 2. The average Bonchev–Trinajstić information content (AvgIpc) is 2.95. The van der Waals surface area contributed by atoms with E-state index in [1.165, 1.54) is 0 Å². The van der Waals surface area contributed by atoms with E-state index in [1.807, 2.05) is 0 Å². The van der Waals surface area contributed by atoms with Gasteiger partial charge in [0.15, 0.2) is 0 Å². The van der Waals surface area contributed by atoms with Crippen LogP contribution in [0.3, 0.4) is 0 Å². The van der Waals surface area contributed by atoms with Crippen LogP contribution in [0.25, 0.3) is 0 Å². The van der Waals surface area contributed by atoms with Crippen molar-refractivity contribution in [3.05, 3.63) is 0 Å². The molecule has 0 radical (unpaired) electrons. The van der Waals surface area contributed by atoms with Crippen LogP contribution in [-0.4, -0.2) is 30.4 Å². The number of nitrogens with one attached hydrogen (secondary N) is 2. The van der Waals surface area contributed by atoms with E-state index in [4.69, 9.17) is 5.73 Å². The van der Waals surface area contributed by atoms with Gasteiger partial charge in [-0.3, -0.25) is 9.59 Å². The lowest BCUT2D eigenvalue weighted by Gasteiger charge is -2.09. The van der Waals surface area contributed by atoms with Crippen LogP contribution < -0.4 is 16.4 Å². The molecule has 0 bridgehead atoms. The summed E-state index contributed by atoms with van der Waals surface area (Å²) in [5.74, 6) is -0.261. The van der Waals surface area contributed by atoms with Crippen LogP contribution in [0.4, 0.5) is 0 Å². The lowest BCUT2D eigenvalue weighted by Crippen LogP contribution is -2.39. The van der Waals surface area contributed by atoms with Crippen LogP contribution in [0, 0.1) is 0 Å². The number of primary amides is 1. The maximum absolute atomic E-state index is 11.2. The number of hydrogen-bond acceptors (Lipinski definition) is 3. The normalized spacial score (nSPS) is 17.1. The fourth-order valence-corrected chi connectivity index (χ4v) is 1.20. The topological polar surface area (TPSA) is 84.2 Å². The van der Waals surface area contributed by atoms with Gasteiger partial charge in [-0.25, -0.2) is 0 Å². The number of nitrogens with two attached hydrogens (primary N) is 1. The van der Waals surface area contributed by atoms with Crippen molar-refractivity contribution in [2.24, 2.45) is 5.73 Å². The highest BCUT2D eigenvalue weighted by atomic mass is 16.2. The van der Waals surface area contributed by atoms with E-state index in [0.29, 0.717) is 19.0 Å². The van der Waals surface area contributed by atoms with Gasteiger partial charge >= 0.3 is 0 Å². The molecule has 1 saturated carbocycles. The highest BCUT2D eigenvalue weighted by Gasteiger charge is 2.22. The Morgan fingerprint density at radius 1 is 1.47 bits per heavy atom. The molecule has 1 unspecified atom stereocenters. The summed E-state index contributed by atoms with van der Waals surface area (Å²) < 4.78 is 0. The van der Waals surface area contributed by atoms with Crippen molar-refractivity contribution in [1.29, 1.82) is 0 Å². The van der Waals surface area contributed by atoms with Gasteiger partial charge in [0.1, 0.15) is 0 Å². The highest BCUT2D eigenvalue weighted by Crippen LogP contribution is 2.18. The third-order valence-corrected chi connectivity index (χ3v) is 2.40. The third-order valence-electron chi connectivity index (χ3n) is 2.40. The number of carbonyl (C=O) groups is 2. The van der Waals surface area contributed by atoms with Crippen molar-refractivity contribution in [3.63, 3.8) is 0 Å². The summed E-state index contributed by atoms with van der Waals surface area (Å²) in [4.78, 5) is 21.9. The van der Waals surface area contributed by atoms with Crippen LogP contribution in [0.2, 0.25) is 0 Å². The van der Waals surface area contributed by atoms with Gasteiger partial charge in [0.05, 0.1) is 6.04 Å². The molecule has 5 heteroatoms. The first-order chi connectivity index (χ1) is 7.09. The van der Waals surface area contributed by atoms with E-state index >= 15 is 0 Å². The molecule has 86 valence electrons. The first kappa shape index (κ1) is 12.0. The minimum absolute atomic E-state index is 0.103. The zero-order chi connectivity index (χ0) is 11.3. The monoisotopic (exact) mass is 213 g/mol. The summed E-state index contributed by atoms with van der Waals surface area (Å²) >= 11 is 0. The largest absolute Gasteiger partial charge is 0.368 e. The predicted octanol–water partition coefficient (Wildman–Crippen LogP) is -0.491. The molecule has 1 aliphatic carbocycles. The van der Waals surface area contributed by atoms with E-state index < -0.39 is 0 Å². The van der Waals surface area contributed by atoms with Gasteiger partial charge in [-0.05, 0) is 32.7 Å². The molecule has 1 atom stereocenters. The molecule has 1 rings (SSSR count).